The second kappa shape index (κ2) is 7.67. The minimum Gasteiger partial charge on any atom is -0.293 e. The number of rotatable bonds is 3. The van der Waals surface area contributed by atoms with Crippen molar-refractivity contribution in [2.75, 3.05) is 0 Å². The Morgan fingerprint density at radius 2 is 1.79 bits per heavy atom. The van der Waals surface area contributed by atoms with Gasteiger partial charge < -0.3 is 0 Å². The first-order chi connectivity index (χ1) is 13.5. The van der Waals surface area contributed by atoms with E-state index < -0.39 is 5.56 Å². The van der Waals surface area contributed by atoms with Crippen LogP contribution in [-0.2, 0) is 5.41 Å². The first-order valence-corrected chi connectivity index (χ1v) is 9.52. The molecule has 29 heavy (non-hydrogen) atoms. The number of halogens is 3. The molecular weight excluding hydrogens is 437 g/mol. The number of hydrogen-bond donors (Lipinski definition) is 2. The highest BCUT2D eigenvalue weighted by atomic mass is 35.5. The number of H-pyrrole nitrogens is 2. The summed E-state index contributed by atoms with van der Waals surface area (Å²) >= 11 is 18.4. The fourth-order valence-electron chi connectivity index (χ4n) is 2.68. The fraction of sp³-hybridized carbons (Fsp3) is 0.278. The van der Waals surface area contributed by atoms with E-state index in [2.05, 4.69) is 30.4 Å². The van der Waals surface area contributed by atoms with Crippen LogP contribution >= 0.6 is 34.8 Å². The molecule has 0 radical (unpaired) electrons. The molecule has 11 heteroatoms. The van der Waals surface area contributed by atoms with Gasteiger partial charge in [-0.1, -0.05) is 55.6 Å². The van der Waals surface area contributed by atoms with Gasteiger partial charge in [-0.05, 0) is 24.5 Å². The van der Waals surface area contributed by atoms with E-state index in [1.54, 1.807) is 6.92 Å². The Bertz CT molecular complexity index is 1200. The quantitative estimate of drug-likeness (QED) is 0.354. The van der Waals surface area contributed by atoms with Gasteiger partial charge in [0.15, 0.2) is 5.69 Å². The van der Waals surface area contributed by atoms with E-state index >= 15 is 0 Å². The lowest BCUT2D eigenvalue weighted by molar-refractivity contribution is 0.569. The molecular formula is C18H16Cl3N7O. The summed E-state index contributed by atoms with van der Waals surface area (Å²) in [5, 5.41) is 18.5. The highest BCUT2D eigenvalue weighted by Crippen LogP contribution is 2.37. The van der Waals surface area contributed by atoms with Gasteiger partial charge in [0.1, 0.15) is 5.69 Å². The average molecular weight is 453 g/mol. The molecule has 0 bridgehead atoms. The Morgan fingerprint density at radius 1 is 1.17 bits per heavy atom. The van der Waals surface area contributed by atoms with E-state index in [4.69, 9.17) is 41.4 Å². The second-order valence-corrected chi connectivity index (χ2v) is 8.53. The van der Waals surface area contributed by atoms with Crippen LogP contribution in [0.15, 0.2) is 27.2 Å². The van der Waals surface area contributed by atoms with E-state index in [0.29, 0.717) is 16.4 Å². The average Bonchev–Trinajstić information content (AvgIpc) is 3.13. The Balaban J connectivity index is 2.07. The summed E-state index contributed by atoms with van der Waals surface area (Å²) in [5.74, 6) is 0.110. The molecule has 0 unspecified atom stereocenters. The van der Waals surface area contributed by atoms with Crippen molar-refractivity contribution in [1.29, 1.82) is 0 Å². The zero-order valence-corrected chi connectivity index (χ0v) is 18.2. The molecule has 2 N–H and O–H groups in total. The van der Waals surface area contributed by atoms with Crippen LogP contribution in [0.2, 0.25) is 15.1 Å². The zero-order valence-electron chi connectivity index (χ0n) is 15.9. The molecule has 0 fully saturated rings. The van der Waals surface area contributed by atoms with Gasteiger partial charge in [-0.25, -0.2) is 9.53 Å². The number of nitrogens with zero attached hydrogens (tertiary/aromatic N) is 5. The lowest BCUT2D eigenvalue weighted by Crippen LogP contribution is -2.15. The second-order valence-electron chi connectivity index (χ2n) is 7.28. The third kappa shape index (κ3) is 3.94. The van der Waals surface area contributed by atoms with Crippen molar-refractivity contribution in [3.05, 3.63) is 60.4 Å². The topological polar surface area (TPSA) is 95.6 Å². The smallest absolute Gasteiger partial charge is 0.293 e. The van der Waals surface area contributed by atoms with Crippen LogP contribution in [0.4, 0.5) is 17.2 Å². The lowest BCUT2D eigenvalue weighted by Gasteiger charge is -2.16. The van der Waals surface area contributed by atoms with E-state index in [-0.39, 0.29) is 38.3 Å². The maximum atomic E-state index is 12.9. The van der Waals surface area contributed by atoms with Crippen LogP contribution in [0.1, 0.15) is 32.2 Å². The number of aromatic amines is 2. The highest BCUT2D eigenvalue weighted by Gasteiger charge is 2.24. The van der Waals surface area contributed by atoms with Crippen molar-refractivity contribution in [2.45, 2.75) is 33.1 Å². The third-order valence-electron chi connectivity index (χ3n) is 4.07. The third-order valence-corrected chi connectivity index (χ3v) is 4.87. The van der Waals surface area contributed by atoms with E-state index in [1.165, 1.54) is 16.8 Å². The molecule has 3 aromatic rings. The number of azo groups is 1. The van der Waals surface area contributed by atoms with Gasteiger partial charge in [0.05, 0.1) is 22.3 Å². The van der Waals surface area contributed by atoms with E-state index in [9.17, 15) is 4.79 Å². The first-order valence-electron chi connectivity index (χ1n) is 8.39. The lowest BCUT2D eigenvalue weighted by atomic mass is 9.91. The van der Waals surface area contributed by atoms with Crippen molar-refractivity contribution in [3.63, 3.8) is 0 Å². The highest BCUT2D eigenvalue weighted by molar-refractivity contribution is 6.40. The number of benzene rings is 1. The molecule has 150 valence electrons. The summed E-state index contributed by atoms with van der Waals surface area (Å²) in [5.41, 5.74) is 0.819. The molecule has 0 aliphatic rings. The molecule has 8 nitrogen and oxygen atoms in total. The SMILES string of the molecule is [C-]#[N+]c1c(N=Nc2c(C)[nH]n(-c3c(Cl)cc(Cl)cc3Cl)c2=O)n[nH]c1C(C)(C)C. The largest absolute Gasteiger partial charge is 0.299 e. The minimum absolute atomic E-state index is 0.0447. The van der Waals surface area contributed by atoms with Crippen LogP contribution in [0.5, 0.6) is 0 Å². The summed E-state index contributed by atoms with van der Waals surface area (Å²) in [7, 11) is 0. The molecule has 1 aromatic carbocycles. The summed E-state index contributed by atoms with van der Waals surface area (Å²) in [6.45, 7) is 14.9. The Kier molecular flexibility index (Phi) is 5.59. The molecule has 0 atom stereocenters. The van der Waals surface area contributed by atoms with Gasteiger partial charge >= 0.3 is 0 Å². The molecule has 0 aliphatic carbocycles. The molecule has 0 saturated carbocycles. The number of aryl methyl sites for hydroxylation is 1. The number of nitrogens with one attached hydrogen (secondary N) is 2. The molecule has 2 aromatic heterocycles. The number of aromatic nitrogens is 4. The summed E-state index contributed by atoms with van der Waals surface area (Å²) in [6, 6.07) is 2.96. The predicted octanol–water partition coefficient (Wildman–Crippen LogP) is 6.42. The van der Waals surface area contributed by atoms with Crippen molar-refractivity contribution >= 4 is 52.0 Å². The molecule has 0 amide bonds. The van der Waals surface area contributed by atoms with Crippen LogP contribution in [0, 0.1) is 13.5 Å². The Morgan fingerprint density at radius 3 is 2.34 bits per heavy atom. The Labute approximate surface area is 181 Å². The zero-order chi connectivity index (χ0) is 21.5. The van der Waals surface area contributed by atoms with Crippen LogP contribution < -0.4 is 5.56 Å². The van der Waals surface area contributed by atoms with Crippen LogP contribution in [0.25, 0.3) is 10.5 Å². The maximum absolute atomic E-state index is 12.9. The van der Waals surface area contributed by atoms with Crippen LogP contribution in [0.3, 0.4) is 0 Å². The molecule has 0 spiro atoms. The first kappa shape index (κ1) is 21.1. The standard InChI is InChI=1S/C18H16Cl3N7O/c1-8-12(23-25-16-13(22-5)15(24-26-16)18(2,3)4)17(29)28(27-8)14-10(20)6-9(19)7-11(14)21/h6-7,27H,1-4H3,(H,24,26). The molecule has 0 aliphatic heterocycles. The van der Waals surface area contributed by atoms with Crippen molar-refractivity contribution in [3.8, 4) is 5.69 Å². The molecule has 3 rings (SSSR count). The molecule has 2 heterocycles. The molecule has 0 saturated heterocycles. The summed E-state index contributed by atoms with van der Waals surface area (Å²) in [6.07, 6.45) is 0. The van der Waals surface area contributed by atoms with Crippen molar-refractivity contribution in [1.82, 2.24) is 20.0 Å². The monoisotopic (exact) mass is 451 g/mol. The van der Waals surface area contributed by atoms with E-state index in [0.717, 1.165) is 0 Å². The summed E-state index contributed by atoms with van der Waals surface area (Å²) in [4.78, 5) is 16.4. The Hall–Kier alpha value is -2.60. The van der Waals surface area contributed by atoms with Gasteiger partial charge in [0.2, 0.25) is 5.82 Å². The van der Waals surface area contributed by atoms with E-state index in [1.807, 2.05) is 20.8 Å². The van der Waals surface area contributed by atoms with Gasteiger partial charge in [-0.2, -0.15) is 5.10 Å². The van der Waals surface area contributed by atoms with Crippen LogP contribution in [-0.4, -0.2) is 20.0 Å². The minimum atomic E-state index is -0.506. The predicted molar refractivity (Wildman–Crippen MR) is 114 cm³/mol. The number of hydrogen-bond acceptors (Lipinski definition) is 4. The maximum Gasteiger partial charge on any atom is 0.299 e. The van der Waals surface area contributed by atoms with Gasteiger partial charge in [-0.3, -0.25) is 15.0 Å². The van der Waals surface area contributed by atoms with Gasteiger partial charge in [-0.15, -0.1) is 10.2 Å². The fourth-order valence-corrected chi connectivity index (χ4v) is 3.67. The van der Waals surface area contributed by atoms with Crippen molar-refractivity contribution in [2.24, 2.45) is 10.2 Å². The summed E-state index contributed by atoms with van der Waals surface area (Å²) < 4.78 is 1.17. The van der Waals surface area contributed by atoms with Crippen molar-refractivity contribution < 1.29 is 0 Å². The normalized spacial score (nSPS) is 11.9. The van der Waals surface area contributed by atoms with Gasteiger partial charge in [0.25, 0.3) is 11.2 Å². The van der Waals surface area contributed by atoms with Gasteiger partial charge in [0, 0.05) is 10.7 Å².